The molecule has 15 heavy (non-hydrogen) atoms. The lowest BCUT2D eigenvalue weighted by molar-refractivity contribution is -0.143. The van der Waals surface area contributed by atoms with Crippen molar-refractivity contribution in [1.82, 2.24) is 0 Å². The Morgan fingerprint density at radius 1 is 1.20 bits per heavy atom. The van der Waals surface area contributed by atoms with E-state index in [1.54, 1.807) is 0 Å². The first-order valence-electron chi connectivity index (χ1n) is 3.69. The van der Waals surface area contributed by atoms with E-state index in [9.17, 15) is 4.79 Å². The van der Waals surface area contributed by atoms with Gasteiger partial charge in [0, 0.05) is 0 Å². The molecule has 0 saturated carbocycles. The van der Waals surface area contributed by atoms with E-state index in [0.717, 1.165) is 0 Å². The first-order chi connectivity index (χ1) is 6.90. The second-order valence-electron chi connectivity index (χ2n) is 2.28. The molecule has 0 unspecified atom stereocenters. The van der Waals surface area contributed by atoms with Gasteiger partial charge in [-0.15, -0.1) is 0 Å². The molecule has 0 amide bonds. The monoisotopic (exact) mass is 224 g/mol. The fraction of sp³-hybridized carbons (Fsp3) is 0.571. The van der Waals surface area contributed by atoms with Crippen LogP contribution in [0.25, 0.3) is 0 Å². The zero-order valence-electron chi connectivity index (χ0n) is 7.61. The predicted molar refractivity (Wildman–Crippen MR) is 44.9 cm³/mol. The van der Waals surface area contributed by atoms with E-state index in [0.29, 0.717) is 0 Å². The number of carboxylic acid groups (broad SMARTS) is 1. The smallest absolute Gasteiger partial charge is 0.368 e. The highest BCUT2D eigenvalue weighted by molar-refractivity contribution is 6.19. The lowest BCUT2D eigenvalue weighted by Gasteiger charge is -2.11. The normalized spacial score (nSPS) is 13.1. The molecule has 0 aliphatic heterocycles. The van der Waals surface area contributed by atoms with Gasteiger partial charge in [0.25, 0.3) is 0 Å². The highest BCUT2D eigenvalue weighted by Gasteiger charge is 2.21. The van der Waals surface area contributed by atoms with Crippen LogP contribution in [0.4, 0.5) is 0 Å². The molecule has 0 radical (unpaired) electrons. The number of carbonyl (C=O) groups excluding carboxylic acids is 2. The highest BCUT2D eigenvalue weighted by atomic mass is 16.4. The topological polar surface area (TPSA) is 152 Å². The number of carbonyl (C=O) groups is 3. The molecule has 0 aromatic heterocycles. The number of aldehydes is 1. The molecule has 0 saturated heterocycles. The van der Waals surface area contributed by atoms with Crippen molar-refractivity contribution in [3.8, 4) is 0 Å². The largest absolute Gasteiger partial charge is 0.476 e. The Hall–Kier alpha value is -1.35. The number of hydrogen-bond acceptors (Lipinski definition) is 7. The minimum Gasteiger partial charge on any atom is -0.476 e. The standard InChI is InChI=1S/C5H10O5.C2H2O3/c6-1-3(8)5(10)4(9)2-7;3-1-2(4)5/h3,5-8,10H,1-2H2;1H,(H,4,5)/t3-,5-;/m0./s1. The number of ketones is 1. The molecule has 5 N–H and O–H groups in total. The number of hydrogen-bond donors (Lipinski definition) is 5. The van der Waals surface area contributed by atoms with Crippen molar-refractivity contribution in [1.29, 1.82) is 0 Å². The van der Waals surface area contributed by atoms with Crippen LogP contribution in [0.5, 0.6) is 0 Å². The van der Waals surface area contributed by atoms with Crippen molar-refractivity contribution in [2.45, 2.75) is 12.2 Å². The van der Waals surface area contributed by atoms with E-state index < -0.39 is 37.2 Å². The average Bonchev–Trinajstić information content (AvgIpc) is 2.26. The van der Waals surface area contributed by atoms with Gasteiger partial charge in [-0.05, 0) is 0 Å². The van der Waals surface area contributed by atoms with Gasteiger partial charge < -0.3 is 25.5 Å². The van der Waals surface area contributed by atoms with Crippen molar-refractivity contribution in [3.05, 3.63) is 0 Å². The van der Waals surface area contributed by atoms with Gasteiger partial charge in [-0.2, -0.15) is 0 Å². The third kappa shape index (κ3) is 8.97. The van der Waals surface area contributed by atoms with Crippen LogP contribution < -0.4 is 0 Å². The van der Waals surface area contributed by atoms with Crippen LogP contribution in [0.15, 0.2) is 0 Å². The van der Waals surface area contributed by atoms with Crippen molar-refractivity contribution < 1.29 is 39.9 Å². The maximum absolute atomic E-state index is 10.3. The fourth-order valence-corrected chi connectivity index (χ4v) is 0.408. The van der Waals surface area contributed by atoms with E-state index in [4.69, 9.17) is 35.1 Å². The molecule has 2 atom stereocenters. The summed E-state index contributed by atoms with van der Waals surface area (Å²) in [6.07, 6.45) is -3.35. The van der Waals surface area contributed by atoms with Gasteiger partial charge in [0.15, 0.2) is 5.78 Å². The maximum Gasteiger partial charge on any atom is 0.368 e. The van der Waals surface area contributed by atoms with Crippen LogP contribution in [0.2, 0.25) is 0 Å². The Morgan fingerprint density at radius 3 is 1.80 bits per heavy atom. The van der Waals surface area contributed by atoms with Crippen LogP contribution in [0.3, 0.4) is 0 Å². The van der Waals surface area contributed by atoms with Gasteiger partial charge in [-0.1, -0.05) is 0 Å². The van der Waals surface area contributed by atoms with Crippen molar-refractivity contribution in [3.63, 3.8) is 0 Å². The molecular weight excluding hydrogens is 212 g/mol. The second kappa shape index (κ2) is 9.21. The predicted octanol–water partition coefficient (Wildman–Crippen LogP) is -3.47. The molecule has 8 nitrogen and oxygen atoms in total. The summed E-state index contributed by atoms with van der Waals surface area (Å²) in [5, 5.41) is 41.0. The molecule has 0 fully saturated rings. The highest BCUT2D eigenvalue weighted by Crippen LogP contribution is 1.92. The molecule has 0 aromatic rings. The molecule has 0 spiro atoms. The molecule has 8 heteroatoms. The first kappa shape index (κ1) is 16.1. The first-order valence-corrected chi connectivity index (χ1v) is 3.69. The van der Waals surface area contributed by atoms with Gasteiger partial charge in [-0.3, -0.25) is 9.59 Å². The summed E-state index contributed by atoms with van der Waals surface area (Å²) in [5.74, 6) is -2.33. The summed E-state index contributed by atoms with van der Waals surface area (Å²) in [7, 11) is 0. The van der Waals surface area contributed by atoms with Gasteiger partial charge in [0.2, 0.25) is 6.29 Å². The minimum absolute atomic E-state index is 0.167. The quantitative estimate of drug-likeness (QED) is 0.238. The van der Waals surface area contributed by atoms with Crippen LogP contribution in [-0.2, 0) is 14.4 Å². The fourth-order valence-electron chi connectivity index (χ4n) is 0.408. The number of Topliss-reactive ketones (excluding diaryl/α,β-unsaturated/α-hetero) is 1. The lowest BCUT2D eigenvalue weighted by Crippen LogP contribution is -2.37. The molecule has 0 aliphatic rings. The number of aliphatic hydroxyl groups is 4. The Balaban J connectivity index is 0. The summed E-state index contributed by atoms with van der Waals surface area (Å²) in [5.41, 5.74) is 0. The summed E-state index contributed by atoms with van der Waals surface area (Å²) < 4.78 is 0. The van der Waals surface area contributed by atoms with Gasteiger partial charge in [-0.25, -0.2) is 4.79 Å². The van der Waals surface area contributed by atoms with E-state index in [-0.39, 0.29) is 6.29 Å². The van der Waals surface area contributed by atoms with Gasteiger partial charge in [0.05, 0.1) is 6.61 Å². The lowest BCUT2D eigenvalue weighted by atomic mass is 10.1. The van der Waals surface area contributed by atoms with E-state index in [1.807, 2.05) is 0 Å². The third-order valence-corrected chi connectivity index (χ3v) is 1.14. The maximum atomic E-state index is 10.3. The molecule has 0 aliphatic carbocycles. The number of aliphatic carboxylic acids is 1. The van der Waals surface area contributed by atoms with Crippen molar-refractivity contribution in [2.75, 3.05) is 13.2 Å². The Labute approximate surface area is 84.4 Å². The number of carboxylic acids is 1. The van der Waals surface area contributed by atoms with E-state index in [2.05, 4.69) is 0 Å². The summed E-state index contributed by atoms with van der Waals surface area (Å²) >= 11 is 0. The SMILES string of the molecule is O=C(CO)[C@@H](O)[C@@H](O)CO.O=CC(=O)O. The Bertz CT molecular complexity index is 213. The number of aliphatic hydroxyl groups excluding tert-OH is 4. The second-order valence-corrected chi connectivity index (χ2v) is 2.28. The van der Waals surface area contributed by atoms with E-state index >= 15 is 0 Å². The molecule has 0 rings (SSSR count). The van der Waals surface area contributed by atoms with Crippen LogP contribution in [0.1, 0.15) is 0 Å². The van der Waals surface area contributed by atoms with E-state index in [1.165, 1.54) is 0 Å². The Morgan fingerprint density at radius 2 is 1.60 bits per heavy atom. The third-order valence-electron chi connectivity index (χ3n) is 1.14. The zero-order chi connectivity index (χ0) is 12.4. The summed E-state index contributed by atoms with van der Waals surface area (Å²) in [4.78, 5) is 28.2. The minimum atomic E-state index is -1.69. The molecular formula is C7H12O8. The number of rotatable bonds is 5. The van der Waals surface area contributed by atoms with Crippen LogP contribution in [0, 0.1) is 0 Å². The zero-order valence-corrected chi connectivity index (χ0v) is 7.61. The van der Waals surface area contributed by atoms with Crippen LogP contribution in [-0.4, -0.2) is 69.0 Å². The van der Waals surface area contributed by atoms with Crippen molar-refractivity contribution in [2.24, 2.45) is 0 Å². The van der Waals surface area contributed by atoms with Gasteiger partial charge >= 0.3 is 5.97 Å². The van der Waals surface area contributed by atoms with Gasteiger partial charge in [0.1, 0.15) is 18.8 Å². The summed E-state index contributed by atoms with van der Waals surface area (Å²) in [6.45, 7) is -1.54. The molecule has 0 aromatic carbocycles. The van der Waals surface area contributed by atoms with Crippen molar-refractivity contribution >= 4 is 18.0 Å². The molecule has 0 heterocycles. The Kier molecular flexibility index (Phi) is 9.89. The molecule has 88 valence electrons. The van der Waals surface area contributed by atoms with Crippen LogP contribution >= 0.6 is 0 Å². The average molecular weight is 224 g/mol. The molecule has 0 bridgehead atoms. The summed E-state index contributed by atoms with van der Waals surface area (Å²) in [6, 6.07) is 0.